The Labute approximate surface area is 88.8 Å². The molecule has 0 atom stereocenters. The van der Waals surface area contributed by atoms with Gasteiger partial charge < -0.3 is 29.3 Å². The van der Waals surface area contributed by atoms with E-state index in [0.717, 1.165) is 0 Å². The van der Waals surface area contributed by atoms with Gasteiger partial charge in [-0.25, -0.2) is 0 Å². The number of aliphatic hydroxyl groups excluding tert-OH is 3. The van der Waals surface area contributed by atoms with E-state index >= 15 is 0 Å². The monoisotopic (exact) mass is 198 g/mol. The second kappa shape index (κ2) is 13.6. The normalized spacial score (nSPS) is 8.73. The SMILES string of the molecule is OCC(O)CO.[Na+].[O-][Cl+2]([O-])[O-]. The molecule has 8 heteroatoms. The van der Waals surface area contributed by atoms with Crippen LogP contribution in [0.4, 0.5) is 0 Å². The molecule has 11 heavy (non-hydrogen) atoms. The van der Waals surface area contributed by atoms with Crippen molar-refractivity contribution < 1.29 is 69.6 Å². The van der Waals surface area contributed by atoms with Gasteiger partial charge in [-0.1, -0.05) is 0 Å². The fourth-order valence-corrected chi connectivity index (χ4v) is 0.0577. The zero-order valence-electron chi connectivity index (χ0n) is 5.94. The van der Waals surface area contributed by atoms with Gasteiger partial charge in [-0.15, -0.1) is 0 Å². The van der Waals surface area contributed by atoms with E-state index in [1.807, 2.05) is 0 Å². The summed E-state index contributed by atoms with van der Waals surface area (Å²) in [6.45, 7) is -0.729. The molecule has 0 heterocycles. The largest absolute Gasteiger partial charge is 1.00 e. The van der Waals surface area contributed by atoms with Gasteiger partial charge in [0.1, 0.15) is 6.10 Å². The van der Waals surface area contributed by atoms with Crippen LogP contribution in [0.2, 0.25) is 0 Å². The Morgan fingerprint density at radius 1 is 1.09 bits per heavy atom. The quantitative estimate of drug-likeness (QED) is 0.378. The Balaban J connectivity index is -0.000000114. The third-order valence-electron chi connectivity index (χ3n) is 0.421. The fraction of sp³-hybridized carbons (Fsp3) is 1.00. The standard InChI is InChI=1S/C3H8O3.ClO3.Na/c4-1-3(6)2-5;2-1(3)4;/h3-6H,1-2H2;;/q;-1;+1. The van der Waals surface area contributed by atoms with Crippen molar-refractivity contribution in [1.82, 2.24) is 0 Å². The number of aliphatic hydroxyl groups is 3. The summed E-state index contributed by atoms with van der Waals surface area (Å²) < 4.78 is 25.2. The summed E-state index contributed by atoms with van der Waals surface area (Å²) in [5, 5.41) is 24.0. The van der Waals surface area contributed by atoms with E-state index in [4.69, 9.17) is 29.3 Å². The van der Waals surface area contributed by atoms with Crippen molar-refractivity contribution in [3.63, 3.8) is 0 Å². The fourth-order valence-electron chi connectivity index (χ4n) is 0.0577. The van der Waals surface area contributed by atoms with Gasteiger partial charge in [-0.2, -0.15) is 0 Å². The summed E-state index contributed by atoms with van der Waals surface area (Å²) in [4.78, 5) is 0. The van der Waals surface area contributed by atoms with Crippen LogP contribution >= 0.6 is 0 Å². The molecule has 0 bridgehead atoms. The summed E-state index contributed by atoms with van der Waals surface area (Å²) in [5.74, 6) is 0. The summed E-state index contributed by atoms with van der Waals surface area (Å²) in [6, 6.07) is 0. The molecule has 6 nitrogen and oxygen atoms in total. The molecule has 0 aliphatic heterocycles. The molecular formula is C3H8ClNaO6. The first-order chi connectivity index (χ1) is 4.54. The molecule has 64 valence electrons. The van der Waals surface area contributed by atoms with Crippen LogP contribution in [0.1, 0.15) is 0 Å². The van der Waals surface area contributed by atoms with Crippen LogP contribution in [0.5, 0.6) is 0 Å². The van der Waals surface area contributed by atoms with Gasteiger partial charge in [0.25, 0.3) is 0 Å². The van der Waals surface area contributed by atoms with Gasteiger partial charge in [0.05, 0.1) is 24.0 Å². The number of halogens is 1. The molecule has 0 rings (SSSR count). The van der Waals surface area contributed by atoms with E-state index in [2.05, 4.69) is 0 Å². The maximum Gasteiger partial charge on any atom is 1.00 e. The van der Waals surface area contributed by atoms with Crippen LogP contribution in [0, 0.1) is 10.8 Å². The van der Waals surface area contributed by atoms with Crippen LogP contribution in [-0.4, -0.2) is 34.6 Å². The minimum atomic E-state index is -2.85. The van der Waals surface area contributed by atoms with Gasteiger partial charge in [-0.05, 0) is 0 Å². The van der Waals surface area contributed by atoms with E-state index in [0.29, 0.717) is 0 Å². The first kappa shape index (κ1) is 18.0. The van der Waals surface area contributed by atoms with Crippen molar-refractivity contribution in [1.29, 1.82) is 0 Å². The van der Waals surface area contributed by atoms with Crippen molar-refractivity contribution in [2.24, 2.45) is 0 Å². The maximum absolute atomic E-state index is 8.41. The molecule has 0 aliphatic rings. The van der Waals surface area contributed by atoms with Crippen LogP contribution in [-0.2, 0) is 0 Å². The molecule has 0 aliphatic carbocycles. The molecule has 0 unspecified atom stereocenters. The molecule has 0 amide bonds. The second-order valence-electron chi connectivity index (χ2n) is 1.21. The first-order valence-corrected chi connectivity index (χ1v) is 3.10. The summed E-state index contributed by atoms with van der Waals surface area (Å²) >= 11 is 0. The van der Waals surface area contributed by atoms with Crippen molar-refractivity contribution >= 4 is 0 Å². The Morgan fingerprint density at radius 2 is 1.27 bits per heavy atom. The van der Waals surface area contributed by atoms with E-state index in [-0.39, 0.29) is 42.8 Å². The second-order valence-corrected chi connectivity index (χ2v) is 1.59. The predicted octanol–water partition coefficient (Wildman–Crippen LogP) is -8.23. The molecule has 3 N–H and O–H groups in total. The Morgan fingerprint density at radius 3 is 1.27 bits per heavy atom. The average Bonchev–Trinajstić information content (AvgIpc) is 1.85. The average molecular weight is 199 g/mol. The summed E-state index contributed by atoms with van der Waals surface area (Å²) in [5.41, 5.74) is 0. The predicted molar refractivity (Wildman–Crippen MR) is 20.2 cm³/mol. The molecule has 0 radical (unpaired) electrons. The van der Waals surface area contributed by atoms with Gasteiger partial charge in [0, 0.05) is 0 Å². The first-order valence-electron chi connectivity index (χ1n) is 2.17. The third-order valence-corrected chi connectivity index (χ3v) is 0.421. The van der Waals surface area contributed by atoms with Crippen LogP contribution in [0.15, 0.2) is 0 Å². The Bertz CT molecular complexity index is 57.0. The van der Waals surface area contributed by atoms with Crippen molar-refractivity contribution in [3.8, 4) is 0 Å². The zero-order valence-corrected chi connectivity index (χ0v) is 8.69. The van der Waals surface area contributed by atoms with Gasteiger partial charge in [-0.3, -0.25) is 0 Å². The van der Waals surface area contributed by atoms with E-state index in [1.165, 1.54) is 0 Å². The minimum Gasteiger partial charge on any atom is -0.394 e. The van der Waals surface area contributed by atoms with Gasteiger partial charge in [0.15, 0.2) is 0 Å². The molecule has 0 fully saturated rings. The van der Waals surface area contributed by atoms with Gasteiger partial charge >= 0.3 is 29.6 Å². The molecule has 0 saturated carbocycles. The van der Waals surface area contributed by atoms with Crippen molar-refractivity contribution in [2.45, 2.75) is 6.10 Å². The minimum absolute atomic E-state index is 0. The summed E-state index contributed by atoms with van der Waals surface area (Å²) in [7, 11) is -2.85. The van der Waals surface area contributed by atoms with E-state index < -0.39 is 16.9 Å². The molecule has 0 aromatic heterocycles. The van der Waals surface area contributed by atoms with Gasteiger partial charge in [0.2, 0.25) is 0 Å². The number of hydrogen-bond donors (Lipinski definition) is 3. The number of hydrogen-bond acceptors (Lipinski definition) is 6. The molecular weight excluding hydrogens is 190 g/mol. The van der Waals surface area contributed by atoms with Crippen LogP contribution in [0.25, 0.3) is 0 Å². The van der Waals surface area contributed by atoms with E-state index in [1.54, 1.807) is 0 Å². The summed E-state index contributed by atoms with van der Waals surface area (Å²) in [6.07, 6.45) is -0.954. The maximum atomic E-state index is 8.41. The Kier molecular flexibility index (Phi) is 22.3. The molecule has 0 saturated heterocycles. The Hall–Kier alpha value is 1.05. The molecule has 0 spiro atoms. The van der Waals surface area contributed by atoms with Crippen molar-refractivity contribution in [3.05, 3.63) is 0 Å². The van der Waals surface area contributed by atoms with E-state index in [9.17, 15) is 0 Å². The zero-order chi connectivity index (χ0) is 8.57. The van der Waals surface area contributed by atoms with Crippen molar-refractivity contribution in [2.75, 3.05) is 13.2 Å². The van der Waals surface area contributed by atoms with Crippen LogP contribution in [0.3, 0.4) is 0 Å². The molecule has 0 aromatic rings. The topological polar surface area (TPSA) is 130 Å². The number of rotatable bonds is 2. The smallest absolute Gasteiger partial charge is 0.394 e. The van der Waals surface area contributed by atoms with Crippen LogP contribution < -0.4 is 43.5 Å². The third kappa shape index (κ3) is 35.5. The molecule has 0 aromatic carbocycles.